The largest absolute Gasteiger partial charge is 0.320 e. The highest BCUT2D eigenvalue weighted by molar-refractivity contribution is 8.15. The molecule has 2 aliphatic heterocycles. The molecule has 0 aromatic heterocycles. The number of amidine groups is 1. The van der Waals surface area contributed by atoms with Crippen LogP contribution in [0.15, 0.2) is 41.1 Å². The Morgan fingerprint density at radius 1 is 1.44 bits per heavy atom. The summed E-state index contributed by atoms with van der Waals surface area (Å²) in [5.74, 6) is -0.617. The van der Waals surface area contributed by atoms with Crippen molar-refractivity contribution in [2.45, 2.75) is 12.2 Å². The Morgan fingerprint density at radius 2 is 2.20 bits per heavy atom. The number of hydrogen-bond acceptors (Lipinski definition) is 7. The van der Waals surface area contributed by atoms with Crippen LogP contribution < -0.4 is 5.32 Å². The van der Waals surface area contributed by atoms with Crippen molar-refractivity contribution in [3.63, 3.8) is 0 Å². The van der Waals surface area contributed by atoms with Crippen LogP contribution in [0.3, 0.4) is 0 Å². The molecular formula is C15H13N5O4S. The van der Waals surface area contributed by atoms with Gasteiger partial charge in [-0.1, -0.05) is 17.8 Å². The van der Waals surface area contributed by atoms with Crippen LogP contribution in [0.25, 0.3) is 0 Å². The molecule has 3 rings (SSSR count). The molecule has 2 aliphatic rings. The van der Waals surface area contributed by atoms with Crippen LogP contribution in [-0.2, 0) is 9.59 Å². The van der Waals surface area contributed by atoms with Gasteiger partial charge in [0.25, 0.3) is 11.6 Å². The molecule has 25 heavy (non-hydrogen) atoms. The van der Waals surface area contributed by atoms with E-state index in [2.05, 4.69) is 22.1 Å². The average molecular weight is 359 g/mol. The van der Waals surface area contributed by atoms with E-state index in [0.29, 0.717) is 16.4 Å². The molecule has 2 heterocycles. The van der Waals surface area contributed by atoms with Gasteiger partial charge in [0.1, 0.15) is 0 Å². The number of fused-ring (bicyclic) bond motifs is 1. The summed E-state index contributed by atoms with van der Waals surface area (Å²) in [5.41, 5.74) is 0.558. The fraction of sp³-hybridized carbons (Fsp3) is 0.200. The molecule has 0 bridgehead atoms. The van der Waals surface area contributed by atoms with Gasteiger partial charge in [0.2, 0.25) is 5.91 Å². The lowest BCUT2D eigenvalue weighted by Crippen LogP contribution is -2.31. The lowest BCUT2D eigenvalue weighted by Gasteiger charge is -2.11. The van der Waals surface area contributed by atoms with E-state index < -0.39 is 10.8 Å². The van der Waals surface area contributed by atoms with Gasteiger partial charge in [-0.3, -0.25) is 24.6 Å². The van der Waals surface area contributed by atoms with E-state index in [4.69, 9.17) is 0 Å². The molecule has 0 aliphatic carbocycles. The van der Waals surface area contributed by atoms with Crippen LogP contribution in [-0.4, -0.2) is 44.3 Å². The monoisotopic (exact) mass is 359 g/mol. The molecule has 1 fully saturated rings. The number of nitrogens with one attached hydrogen (secondary N) is 1. The Kier molecular flexibility index (Phi) is 4.36. The highest BCUT2D eigenvalue weighted by atomic mass is 32.2. The summed E-state index contributed by atoms with van der Waals surface area (Å²) in [6.07, 6.45) is 1.57. The van der Waals surface area contributed by atoms with Crippen LogP contribution in [0.1, 0.15) is 12.5 Å². The number of thioether (sulfide) groups is 1. The van der Waals surface area contributed by atoms with E-state index >= 15 is 0 Å². The van der Waals surface area contributed by atoms with E-state index in [-0.39, 0.29) is 29.1 Å². The molecule has 1 aromatic carbocycles. The first-order valence-electron chi connectivity index (χ1n) is 7.27. The number of carbonyl (C=O) groups excluding carboxylic acids is 2. The lowest BCUT2D eigenvalue weighted by atomic mass is 10.1. The van der Waals surface area contributed by atoms with Gasteiger partial charge in [0.05, 0.1) is 15.9 Å². The predicted octanol–water partition coefficient (Wildman–Crippen LogP) is 1.76. The Bertz CT molecular complexity index is 863. The van der Waals surface area contributed by atoms with Crippen molar-refractivity contribution in [3.8, 4) is 0 Å². The second-order valence-electron chi connectivity index (χ2n) is 5.27. The number of amides is 2. The number of rotatable bonds is 4. The van der Waals surface area contributed by atoms with Crippen molar-refractivity contribution in [2.75, 3.05) is 11.9 Å². The number of anilines is 1. The summed E-state index contributed by atoms with van der Waals surface area (Å²) in [6.45, 7) is 5.64. The number of benzene rings is 1. The molecule has 2 amide bonds. The molecule has 1 aromatic rings. The van der Waals surface area contributed by atoms with E-state index in [9.17, 15) is 19.7 Å². The summed E-state index contributed by atoms with van der Waals surface area (Å²) in [7, 11) is 0. The van der Waals surface area contributed by atoms with Gasteiger partial charge in [0, 0.05) is 24.2 Å². The molecule has 1 atom stereocenters. The van der Waals surface area contributed by atoms with Crippen molar-refractivity contribution in [1.82, 2.24) is 4.90 Å². The van der Waals surface area contributed by atoms with Crippen molar-refractivity contribution in [2.24, 2.45) is 10.2 Å². The highest BCUT2D eigenvalue weighted by Crippen LogP contribution is 2.29. The number of nitro groups is 1. The molecule has 10 heteroatoms. The first kappa shape index (κ1) is 16.8. The zero-order valence-electron chi connectivity index (χ0n) is 13.1. The minimum Gasteiger partial charge on any atom is -0.320 e. The van der Waals surface area contributed by atoms with Crippen LogP contribution >= 0.6 is 11.8 Å². The zero-order chi connectivity index (χ0) is 18.1. The molecule has 1 saturated heterocycles. The average Bonchev–Trinajstić information content (AvgIpc) is 3.03. The third-order valence-corrected chi connectivity index (χ3v) is 4.67. The third kappa shape index (κ3) is 3.03. The predicted molar refractivity (Wildman–Crippen MR) is 94.7 cm³/mol. The molecular weight excluding hydrogens is 346 g/mol. The summed E-state index contributed by atoms with van der Waals surface area (Å²) in [5, 5.41) is 21.5. The first-order chi connectivity index (χ1) is 11.9. The molecule has 1 N–H and O–H groups in total. The van der Waals surface area contributed by atoms with Crippen LogP contribution in [0.5, 0.6) is 0 Å². The maximum Gasteiger partial charge on any atom is 0.276 e. The topological polar surface area (TPSA) is 117 Å². The Labute approximate surface area is 146 Å². The Morgan fingerprint density at radius 3 is 2.88 bits per heavy atom. The molecule has 0 radical (unpaired) electrons. The molecule has 0 spiro atoms. The van der Waals surface area contributed by atoms with Crippen LogP contribution in [0.4, 0.5) is 11.4 Å². The maximum atomic E-state index is 12.1. The number of carbonyl (C=O) groups is 2. The molecule has 1 unspecified atom stereocenters. The van der Waals surface area contributed by atoms with Crippen molar-refractivity contribution < 1.29 is 14.5 Å². The van der Waals surface area contributed by atoms with Crippen molar-refractivity contribution >= 4 is 45.8 Å². The second-order valence-corrected chi connectivity index (χ2v) is 6.58. The fourth-order valence-corrected chi connectivity index (χ4v) is 3.33. The van der Waals surface area contributed by atoms with E-state index in [0.717, 1.165) is 0 Å². The summed E-state index contributed by atoms with van der Waals surface area (Å²) >= 11 is 1.23. The molecule has 9 nitrogen and oxygen atoms in total. The van der Waals surface area contributed by atoms with Crippen molar-refractivity contribution in [1.29, 1.82) is 0 Å². The third-order valence-electron chi connectivity index (χ3n) is 3.61. The number of nitro benzene ring substituents is 1. The Balaban J connectivity index is 1.98. The zero-order valence-corrected chi connectivity index (χ0v) is 13.9. The number of non-ortho nitro benzene ring substituents is 1. The normalized spacial score (nSPS) is 22.4. The number of hydrogen-bond donors (Lipinski definition) is 1. The summed E-state index contributed by atoms with van der Waals surface area (Å²) < 4.78 is 0. The summed E-state index contributed by atoms with van der Waals surface area (Å²) in [6, 6.07) is 4.01. The molecule has 0 saturated carbocycles. The molecule has 128 valence electrons. The van der Waals surface area contributed by atoms with Gasteiger partial charge in [-0.25, -0.2) is 0 Å². The van der Waals surface area contributed by atoms with E-state index in [1.807, 2.05) is 0 Å². The van der Waals surface area contributed by atoms with Crippen molar-refractivity contribution in [3.05, 3.63) is 46.5 Å². The van der Waals surface area contributed by atoms with Gasteiger partial charge >= 0.3 is 0 Å². The van der Waals surface area contributed by atoms with Gasteiger partial charge in [-0.05, 0) is 13.0 Å². The fourth-order valence-electron chi connectivity index (χ4n) is 2.41. The number of nitrogens with zero attached hydrogens (tertiary/aromatic N) is 4. The van der Waals surface area contributed by atoms with Gasteiger partial charge in [-0.2, -0.15) is 0 Å². The lowest BCUT2D eigenvalue weighted by molar-refractivity contribution is -0.384. The highest BCUT2D eigenvalue weighted by Gasteiger charge is 2.35. The van der Waals surface area contributed by atoms with Crippen LogP contribution in [0.2, 0.25) is 0 Å². The van der Waals surface area contributed by atoms with Gasteiger partial charge < -0.3 is 5.32 Å². The van der Waals surface area contributed by atoms with E-state index in [1.165, 1.54) is 34.9 Å². The van der Waals surface area contributed by atoms with Crippen LogP contribution in [0, 0.1) is 10.1 Å². The minimum absolute atomic E-state index is 0.0302. The first-order valence-corrected chi connectivity index (χ1v) is 8.15. The summed E-state index contributed by atoms with van der Waals surface area (Å²) in [4.78, 5) is 35.9. The standard InChI is InChI=1S/C15H13N5O4S/c1-3-6-19-14(22)8(2)25-15(19)18-17-12-10-7-9(20(23)24)4-5-11(10)16-13(12)21/h3-5,7-8H,1,6H2,2H3,(H,16,17,21)/b18-15+. The maximum absolute atomic E-state index is 12.1. The van der Waals surface area contributed by atoms with Gasteiger partial charge in [0.15, 0.2) is 10.9 Å². The van der Waals surface area contributed by atoms with Gasteiger partial charge in [-0.15, -0.1) is 16.8 Å². The smallest absolute Gasteiger partial charge is 0.276 e. The SMILES string of the molecule is C=CCN1C(=O)C(C)S/C1=N/N=C1C(=O)Nc2ccc([N+](=O)[O-])cc21. The second kappa shape index (κ2) is 6.48. The minimum atomic E-state index is -0.550. The Hall–Kier alpha value is -3.01. The van der Waals surface area contributed by atoms with E-state index in [1.54, 1.807) is 13.0 Å². The quantitative estimate of drug-likeness (QED) is 0.499.